The lowest BCUT2D eigenvalue weighted by atomic mass is 9.72. The summed E-state index contributed by atoms with van der Waals surface area (Å²) in [6.45, 7) is 4.72. The fourth-order valence-electron chi connectivity index (χ4n) is 11.6. The van der Waals surface area contributed by atoms with Crippen molar-refractivity contribution in [3.8, 4) is 44.5 Å². The topological polar surface area (TPSA) is 38.9 Å². The summed E-state index contributed by atoms with van der Waals surface area (Å²) in [5, 5.41) is 4.69. The molecular weight excluding hydrogens is 741 g/mol. The number of hydrogen-bond donors (Lipinski definition) is 0. The van der Waals surface area contributed by atoms with Gasteiger partial charge in [-0.15, -0.1) is 0 Å². The Balaban J connectivity index is 1.06. The average molecular weight is 783 g/mol. The molecule has 0 amide bonds. The van der Waals surface area contributed by atoms with Gasteiger partial charge in [-0.05, 0) is 126 Å². The van der Waals surface area contributed by atoms with Gasteiger partial charge in [0.2, 0.25) is 5.71 Å². The summed E-state index contributed by atoms with van der Waals surface area (Å²) < 4.78 is 6.73. The Labute approximate surface area is 355 Å². The summed E-state index contributed by atoms with van der Waals surface area (Å²) in [4.78, 5) is 11.2. The normalized spacial score (nSPS) is 15.5. The quantitative estimate of drug-likeness (QED) is 0.179. The summed E-state index contributed by atoms with van der Waals surface area (Å²) in [5.74, 6) is 0.935. The minimum atomic E-state index is -0.0776. The molecule has 0 saturated heterocycles. The van der Waals surface area contributed by atoms with Gasteiger partial charge in [-0.2, -0.15) is 4.98 Å². The van der Waals surface area contributed by atoms with E-state index >= 15 is 0 Å². The minimum Gasteiger partial charge on any atom is -0.438 e. The van der Waals surface area contributed by atoms with Crippen LogP contribution in [0.2, 0.25) is 0 Å². The number of benzene rings is 8. The van der Waals surface area contributed by atoms with Crippen molar-refractivity contribution in [1.29, 1.82) is 0 Å². The zero-order chi connectivity index (χ0) is 40.3. The van der Waals surface area contributed by atoms with Gasteiger partial charge in [-0.25, -0.2) is 4.98 Å². The van der Waals surface area contributed by atoms with Crippen LogP contribution in [0, 0.1) is 6.92 Å². The van der Waals surface area contributed by atoms with Gasteiger partial charge < -0.3 is 4.42 Å². The van der Waals surface area contributed by atoms with Gasteiger partial charge in [-0.3, -0.25) is 0 Å². The lowest BCUT2D eigenvalue weighted by molar-refractivity contribution is 0.617. The largest absolute Gasteiger partial charge is 0.438 e. The maximum absolute atomic E-state index is 6.73. The minimum absolute atomic E-state index is 0.0462. The molecule has 2 atom stereocenters. The third-order valence-corrected chi connectivity index (χ3v) is 14.3. The van der Waals surface area contributed by atoms with Crippen LogP contribution in [-0.2, 0) is 19.3 Å². The highest BCUT2D eigenvalue weighted by molar-refractivity contribution is 6.07. The van der Waals surface area contributed by atoms with Gasteiger partial charge >= 0.3 is 0 Å². The van der Waals surface area contributed by atoms with E-state index in [4.69, 9.17) is 14.4 Å². The van der Waals surface area contributed by atoms with E-state index in [2.05, 4.69) is 172 Å². The van der Waals surface area contributed by atoms with Crippen molar-refractivity contribution in [3.05, 3.63) is 214 Å². The Hall–Kier alpha value is -7.10. The van der Waals surface area contributed by atoms with Crippen molar-refractivity contribution < 1.29 is 4.42 Å². The molecule has 290 valence electrons. The van der Waals surface area contributed by atoms with E-state index in [0.717, 1.165) is 47.1 Å². The first-order valence-electron chi connectivity index (χ1n) is 21.8. The number of rotatable bonds is 3. The molecule has 13 rings (SSSR count). The van der Waals surface area contributed by atoms with Crippen molar-refractivity contribution in [2.45, 2.75) is 50.9 Å². The standard InChI is InChI=1S/C58H42N2O/c1-33-48-31-38-32-49(43-21-9-12-24-46(43)54(38)52(33)53-37(29-27-35-15-3-5-17-39(35)48)30-28-36-16-4-6-18-40(36)53)57-59-56(55-47-25-13-14-26-50(47)61-58(55)60-57)34(2)51-44-22-10-7-19-41(44)42-20-8-11-23-45(42)51/h3-26,28,30-31,34,49,51H,27,29,32H2,1-2H3/t34-,49?/m1/s1. The monoisotopic (exact) mass is 782 g/mol. The molecule has 0 fully saturated rings. The number of furan rings is 1. The van der Waals surface area contributed by atoms with Crippen LogP contribution in [0.3, 0.4) is 0 Å². The van der Waals surface area contributed by atoms with Crippen LogP contribution in [-0.4, -0.2) is 9.97 Å². The number of hydrogen-bond acceptors (Lipinski definition) is 3. The van der Waals surface area contributed by atoms with Gasteiger partial charge in [0.05, 0.1) is 11.1 Å². The highest BCUT2D eigenvalue weighted by Crippen LogP contribution is 2.55. The molecule has 3 aliphatic rings. The molecule has 0 N–H and O–H groups in total. The van der Waals surface area contributed by atoms with Crippen LogP contribution in [0.5, 0.6) is 0 Å². The lowest BCUT2D eigenvalue weighted by Crippen LogP contribution is -2.19. The van der Waals surface area contributed by atoms with E-state index in [9.17, 15) is 0 Å². The molecule has 3 aliphatic carbocycles. The van der Waals surface area contributed by atoms with Gasteiger partial charge in [0.25, 0.3) is 0 Å². The van der Waals surface area contributed by atoms with E-state index in [1.165, 1.54) is 94.2 Å². The zero-order valence-corrected chi connectivity index (χ0v) is 34.2. The fourth-order valence-corrected chi connectivity index (χ4v) is 11.6. The predicted octanol–water partition coefficient (Wildman–Crippen LogP) is 14.5. The molecule has 8 aromatic carbocycles. The summed E-state index contributed by atoms with van der Waals surface area (Å²) in [6.07, 6.45) is 2.76. The average Bonchev–Trinajstić information content (AvgIpc) is 3.86. The van der Waals surface area contributed by atoms with E-state index < -0.39 is 0 Å². The summed E-state index contributed by atoms with van der Waals surface area (Å²) in [6, 6.07) is 60.6. The first kappa shape index (κ1) is 34.7. The maximum atomic E-state index is 6.73. The molecule has 1 unspecified atom stereocenters. The Morgan fingerprint density at radius 3 is 1.97 bits per heavy atom. The molecule has 10 aromatic rings. The van der Waals surface area contributed by atoms with E-state index in [0.29, 0.717) is 5.71 Å². The van der Waals surface area contributed by atoms with Crippen LogP contribution in [0.15, 0.2) is 168 Å². The number of para-hydroxylation sites is 1. The van der Waals surface area contributed by atoms with Gasteiger partial charge in [0, 0.05) is 23.1 Å². The molecule has 2 aromatic heterocycles. The SMILES string of the molecule is Cc1c2cc3c(c1-c1c(ccc4ccccc14)CCc1ccccc1-2)-c1ccccc1C(c1nc([C@H](C)C2c4ccccc4-c4ccccc42)c2c(n1)oc1ccccc12)C3. The fraction of sp³-hybridized carbons (Fsp3) is 0.138. The van der Waals surface area contributed by atoms with Crippen molar-refractivity contribution in [2.24, 2.45) is 0 Å². The Morgan fingerprint density at radius 1 is 0.525 bits per heavy atom. The third kappa shape index (κ3) is 5.04. The van der Waals surface area contributed by atoms with E-state index in [-0.39, 0.29) is 17.8 Å². The van der Waals surface area contributed by atoms with Gasteiger partial charge in [0.1, 0.15) is 11.4 Å². The second kappa shape index (κ2) is 13.2. The highest BCUT2D eigenvalue weighted by Gasteiger charge is 2.38. The summed E-state index contributed by atoms with van der Waals surface area (Å²) in [7, 11) is 0. The van der Waals surface area contributed by atoms with Crippen LogP contribution in [0.1, 0.15) is 75.1 Å². The number of aromatic nitrogens is 2. The third-order valence-electron chi connectivity index (χ3n) is 14.3. The molecular formula is C58H42N2O. The summed E-state index contributed by atoms with van der Waals surface area (Å²) in [5.41, 5.74) is 22.7. The predicted molar refractivity (Wildman–Crippen MR) is 249 cm³/mol. The number of fused-ring (bicyclic) bond motifs is 18. The lowest BCUT2D eigenvalue weighted by Gasteiger charge is -2.32. The zero-order valence-electron chi connectivity index (χ0n) is 34.2. The van der Waals surface area contributed by atoms with Crippen LogP contribution in [0.25, 0.3) is 77.3 Å². The number of nitrogens with zero attached hydrogens (tertiary/aromatic N) is 2. The molecule has 2 heterocycles. The Morgan fingerprint density at radius 2 is 1.16 bits per heavy atom. The smallest absolute Gasteiger partial charge is 0.230 e. The second-order valence-electron chi connectivity index (χ2n) is 17.5. The Bertz CT molecular complexity index is 3420. The molecule has 2 bridgehead atoms. The van der Waals surface area contributed by atoms with Crippen molar-refractivity contribution in [3.63, 3.8) is 0 Å². The van der Waals surface area contributed by atoms with Crippen LogP contribution < -0.4 is 0 Å². The molecule has 61 heavy (non-hydrogen) atoms. The van der Waals surface area contributed by atoms with Crippen molar-refractivity contribution in [1.82, 2.24) is 9.97 Å². The molecule has 3 nitrogen and oxygen atoms in total. The maximum Gasteiger partial charge on any atom is 0.230 e. The molecule has 3 heteroatoms. The molecule has 0 spiro atoms. The van der Waals surface area contributed by atoms with Gasteiger partial charge in [0.15, 0.2) is 0 Å². The van der Waals surface area contributed by atoms with Gasteiger partial charge in [-0.1, -0.05) is 165 Å². The first-order chi connectivity index (χ1) is 30.1. The van der Waals surface area contributed by atoms with Crippen LogP contribution >= 0.6 is 0 Å². The van der Waals surface area contributed by atoms with E-state index in [1.54, 1.807) is 0 Å². The van der Waals surface area contributed by atoms with E-state index in [1.807, 2.05) is 6.07 Å². The van der Waals surface area contributed by atoms with Crippen molar-refractivity contribution >= 4 is 32.8 Å². The molecule has 0 saturated carbocycles. The van der Waals surface area contributed by atoms with Crippen LogP contribution in [0.4, 0.5) is 0 Å². The highest BCUT2D eigenvalue weighted by atomic mass is 16.3. The number of aryl methyl sites for hydroxylation is 2. The molecule has 0 radical (unpaired) electrons. The second-order valence-corrected chi connectivity index (χ2v) is 17.5. The first-order valence-corrected chi connectivity index (χ1v) is 21.8. The molecule has 0 aliphatic heterocycles. The van der Waals surface area contributed by atoms with Crippen molar-refractivity contribution in [2.75, 3.05) is 0 Å². The summed E-state index contributed by atoms with van der Waals surface area (Å²) >= 11 is 0. The Kier molecular flexibility index (Phi) is 7.52.